The lowest BCUT2D eigenvalue weighted by Gasteiger charge is -2.11. The highest BCUT2D eigenvalue weighted by Gasteiger charge is 2.33. The van der Waals surface area contributed by atoms with Crippen LogP contribution in [0, 0.1) is 5.82 Å². The van der Waals surface area contributed by atoms with Crippen molar-refractivity contribution in [3.05, 3.63) is 83.6 Å². The van der Waals surface area contributed by atoms with Gasteiger partial charge in [-0.05, 0) is 48.0 Å². The molecular weight excluding hydrogens is 492 g/mol. The molecule has 8 nitrogen and oxygen atoms in total. The van der Waals surface area contributed by atoms with Gasteiger partial charge in [-0.1, -0.05) is 6.07 Å². The van der Waals surface area contributed by atoms with E-state index in [1.807, 2.05) is 4.72 Å². The molecular formula is C22H18F4N4O4S. The largest absolute Gasteiger partial charge is 0.437 e. The maximum atomic E-state index is 14.1. The van der Waals surface area contributed by atoms with Crippen LogP contribution in [0.3, 0.4) is 0 Å². The molecule has 0 spiro atoms. The Bertz CT molecular complexity index is 1350. The number of rotatable bonds is 8. The van der Waals surface area contributed by atoms with Gasteiger partial charge in [-0.2, -0.15) is 13.2 Å². The van der Waals surface area contributed by atoms with Gasteiger partial charge in [0.25, 0.3) is 0 Å². The highest BCUT2D eigenvalue weighted by molar-refractivity contribution is 7.92. The molecule has 2 N–H and O–H groups in total. The Morgan fingerprint density at radius 1 is 1.17 bits per heavy atom. The van der Waals surface area contributed by atoms with Crippen LogP contribution in [0.4, 0.5) is 23.2 Å². The molecule has 0 unspecified atom stereocenters. The number of carbonyl (C=O) groups excluding carboxylic acids is 1. The quantitative estimate of drug-likeness (QED) is 0.348. The molecule has 0 aliphatic heterocycles. The topological polar surface area (TPSA) is 110 Å². The Morgan fingerprint density at radius 2 is 1.94 bits per heavy atom. The van der Waals surface area contributed by atoms with Gasteiger partial charge in [-0.15, -0.1) is 0 Å². The number of ether oxygens (including phenoxy) is 1. The number of hydrogen-bond donors (Lipinski definition) is 2. The predicted molar refractivity (Wildman–Crippen MR) is 119 cm³/mol. The molecule has 0 aliphatic rings. The molecule has 0 radical (unpaired) electrons. The molecule has 1 aromatic carbocycles. The van der Waals surface area contributed by atoms with E-state index in [4.69, 9.17) is 4.74 Å². The zero-order valence-electron chi connectivity index (χ0n) is 18.0. The van der Waals surface area contributed by atoms with E-state index in [0.717, 1.165) is 30.5 Å². The minimum absolute atomic E-state index is 0.0937. The number of carbonyl (C=O) groups is 1. The van der Waals surface area contributed by atoms with Gasteiger partial charge in [0.05, 0.1) is 18.1 Å². The molecule has 13 heteroatoms. The third kappa shape index (κ3) is 7.78. The Labute approximate surface area is 197 Å². The van der Waals surface area contributed by atoms with Crippen LogP contribution in [-0.2, 0) is 27.5 Å². The number of halogens is 4. The van der Waals surface area contributed by atoms with Gasteiger partial charge in [0.15, 0.2) is 0 Å². The van der Waals surface area contributed by atoms with Crippen LogP contribution in [0.2, 0.25) is 0 Å². The first kappa shape index (κ1) is 25.6. The number of benzene rings is 1. The van der Waals surface area contributed by atoms with Crippen molar-refractivity contribution >= 4 is 27.7 Å². The van der Waals surface area contributed by atoms with E-state index in [1.54, 1.807) is 0 Å². The number of aromatic nitrogens is 2. The third-order valence-corrected chi connectivity index (χ3v) is 4.83. The third-order valence-electron chi connectivity index (χ3n) is 4.24. The van der Waals surface area contributed by atoms with E-state index in [1.165, 1.54) is 42.7 Å². The van der Waals surface area contributed by atoms with Crippen LogP contribution in [0.25, 0.3) is 6.08 Å². The number of alkyl halides is 3. The molecule has 0 atom stereocenters. The maximum Gasteiger partial charge on any atom is 0.433 e. The first-order valence-electron chi connectivity index (χ1n) is 9.79. The summed E-state index contributed by atoms with van der Waals surface area (Å²) in [4.78, 5) is 19.5. The summed E-state index contributed by atoms with van der Waals surface area (Å²) < 4.78 is 83.2. The van der Waals surface area contributed by atoms with Crippen molar-refractivity contribution in [2.45, 2.75) is 12.7 Å². The fourth-order valence-electron chi connectivity index (χ4n) is 2.70. The van der Waals surface area contributed by atoms with Gasteiger partial charge >= 0.3 is 6.18 Å². The molecule has 35 heavy (non-hydrogen) atoms. The summed E-state index contributed by atoms with van der Waals surface area (Å²) in [6.45, 7) is -0.0937. The first-order valence-corrected chi connectivity index (χ1v) is 11.7. The zero-order chi connectivity index (χ0) is 25.6. The second-order valence-electron chi connectivity index (χ2n) is 7.12. The van der Waals surface area contributed by atoms with Crippen LogP contribution in [-0.4, -0.2) is 30.5 Å². The number of anilines is 1. The number of nitrogens with zero attached hydrogens (tertiary/aromatic N) is 2. The molecule has 2 aromatic heterocycles. The van der Waals surface area contributed by atoms with E-state index in [9.17, 15) is 30.8 Å². The number of amides is 1. The summed E-state index contributed by atoms with van der Waals surface area (Å²) in [5.74, 6) is -1.69. The van der Waals surface area contributed by atoms with Crippen LogP contribution in [0.1, 0.15) is 16.8 Å². The van der Waals surface area contributed by atoms with Gasteiger partial charge in [-0.25, -0.2) is 17.8 Å². The van der Waals surface area contributed by atoms with E-state index in [0.29, 0.717) is 5.56 Å². The monoisotopic (exact) mass is 510 g/mol. The summed E-state index contributed by atoms with van der Waals surface area (Å²) in [6, 6.07) is 8.54. The molecule has 2 heterocycles. The van der Waals surface area contributed by atoms with Crippen LogP contribution >= 0.6 is 0 Å². The number of nitrogens with one attached hydrogen (secondary N) is 2. The van der Waals surface area contributed by atoms with Crippen LogP contribution in [0.5, 0.6) is 11.6 Å². The maximum absolute atomic E-state index is 14.1. The van der Waals surface area contributed by atoms with Crippen LogP contribution < -0.4 is 14.8 Å². The van der Waals surface area contributed by atoms with Gasteiger partial charge < -0.3 is 10.1 Å². The smallest absolute Gasteiger partial charge is 0.433 e. The molecule has 3 aromatic rings. The molecule has 0 aliphatic carbocycles. The summed E-state index contributed by atoms with van der Waals surface area (Å²) in [6.07, 6.45) is 1.20. The minimum Gasteiger partial charge on any atom is -0.437 e. The highest BCUT2D eigenvalue weighted by Crippen LogP contribution is 2.32. The fourth-order valence-corrected chi connectivity index (χ4v) is 3.27. The van der Waals surface area contributed by atoms with Crippen molar-refractivity contribution < 1.29 is 35.5 Å². The van der Waals surface area contributed by atoms with Gasteiger partial charge in [0.2, 0.25) is 21.8 Å². The second-order valence-corrected chi connectivity index (χ2v) is 8.87. The molecule has 3 rings (SSSR count). The predicted octanol–water partition coefficient (Wildman–Crippen LogP) is 4.13. The lowest BCUT2D eigenvalue weighted by Crippen LogP contribution is -2.20. The summed E-state index contributed by atoms with van der Waals surface area (Å²) in [5.41, 5.74) is -0.966. The number of sulfonamides is 1. The first-order chi connectivity index (χ1) is 16.4. The summed E-state index contributed by atoms with van der Waals surface area (Å²) >= 11 is 0. The zero-order valence-corrected chi connectivity index (χ0v) is 18.8. The summed E-state index contributed by atoms with van der Waals surface area (Å²) in [5, 5.41) is 2.49. The molecule has 184 valence electrons. The summed E-state index contributed by atoms with van der Waals surface area (Å²) in [7, 11) is -3.66. The molecule has 0 saturated heterocycles. The van der Waals surface area contributed by atoms with E-state index < -0.39 is 33.6 Å². The van der Waals surface area contributed by atoms with E-state index in [2.05, 4.69) is 15.3 Å². The van der Waals surface area contributed by atoms with Gasteiger partial charge in [-0.3, -0.25) is 14.5 Å². The number of hydrogen-bond acceptors (Lipinski definition) is 6. The normalized spacial score (nSPS) is 11.9. The Hall–Kier alpha value is -4.00. The standard InChI is InChI=1S/C22H18F4N4O4S/c1-35(32,33)30-18-7-4-14(11-17(18)23)12-28-20(31)9-6-15-5-8-19(22(24,25)26)29-21(15)34-16-3-2-10-27-13-16/h2-11,13,30H,12H2,1H3,(H,28,31). The average Bonchev–Trinajstić information content (AvgIpc) is 2.77. The molecule has 1 amide bonds. The average molecular weight is 510 g/mol. The SMILES string of the molecule is CS(=O)(=O)Nc1ccc(CNC(=O)C=Cc2ccc(C(F)(F)F)nc2Oc2cccnc2)cc1F. The van der Waals surface area contributed by atoms with E-state index in [-0.39, 0.29) is 29.4 Å². The van der Waals surface area contributed by atoms with Crippen molar-refractivity contribution in [2.24, 2.45) is 0 Å². The fraction of sp³-hybridized carbons (Fsp3) is 0.136. The van der Waals surface area contributed by atoms with Crippen molar-refractivity contribution in [1.29, 1.82) is 0 Å². The Kier molecular flexibility index (Phi) is 7.69. The lowest BCUT2D eigenvalue weighted by atomic mass is 10.2. The lowest BCUT2D eigenvalue weighted by molar-refractivity contribution is -0.141. The van der Waals surface area contributed by atoms with Gasteiger partial charge in [0, 0.05) is 24.4 Å². The van der Waals surface area contributed by atoms with E-state index >= 15 is 0 Å². The molecule has 0 saturated carbocycles. The minimum atomic E-state index is -4.70. The van der Waals surface area contributed by atoms with Crippen molar-refractivity contribution in [1.82, 2.24) is 15.3 Å². The Morgan fingerprint density at radius 3 is 2.57 bits per heavy atom. The highest BCUT2D eigenvalue weighted by atomic mass is 32.2. The number of pyridine rings is 2. The van der Waals surface area contributed by atoms with Gasteiger partial charge in [0.1, 0.15) is 17.3 Å². The molecule has 0 bridgehead atoms. The van der Waals surface area contributed by atoms with Crippen molar-refractivity contribution in [3.63, 3.8) is 0 Å². The molecule has 0 fully saturated rings. The van der Waals surface area contributed by atoms with Crippen molar-refractivity contribution in [3.8, 4) is 11.6 Å². The van der Waals surface area contributed by atoms with Crippen LogP contribution in [0.15, 0.2) is 60.9 Å². The van der Waals surface area contributed by atoms with Crippen molar-refractivity contribution in [2.75, 3.05) is 11.0 Å². The second kappa shape index (κ2) is 10.5. The Balaban J connectivity index is 1.71.